The van der Waals surface area contributed by atoms with E-state index in [2.05, 4.69) is 10.1 Å². The largest absolute Gasteiger partial charge is 0.454 e. The van der Waals surface area contributed by atoms with E-state index in [1.807, 2.05) is 38.1 Å². The average molecular weight is 322 g/mol. The van der Waals surface area contributed by atoms with Crippen LogP contribution < -0.4 is 15.0 Å². The Morgan fingerprint density at radius 1 is 1.33 bits per heavy atom. The lowest BCUT2D eigenvalue weighted by molar-refractivity contribution is 0.174. The van der Waals surface area contributed by atoms with Gasteiger partial charge in [-0.2, -0.15) is 14.9 Å². The summed E-state index contributed by atoms with van der Waals surface area (Å²) in [5.74, 6) is 1.29. The van der Waals surface area contributed by atoms with Crippen LogP contribution in [0.3, 0.4) is 0 Å². The Labute approximate surface area is 137 Å². The second-order valence-electron chi connectivity index (χ2n) is 5.87. The Morgan fingerprint density at radius 2 is 2.12 bits per heavy atom. The lowest BCUT2D eigenvalue weighted by atomic mass is 9.98. The van der Waals surface area contributed by atoms with Gasteiger partial charge < -0.3 is 14.5 Å². The zero-order chi connectivity index (χ0) is 16.8. The second kappa shape index (κ2) is 5.13. The third kappa shape index (κ3) is 1.97. The Hall–Kier alpha value is -3.27. The minimum absolute atomic E-state index is 0.0201. The van der Waals surface area contributed by atoms with Gasteiger partial charge in [-0.05, 0) is 24.1 Å². The molecule has 0 amide bonds. The molecule has 1 aliphatic rings. The summed E-state index contributed by atoms with van der Waals surface area (Å²) in [4.78, 5) is 16.0. The average Bonchev–Trinajstić information content (AvgIpc) is 3.19. The Bertz CT molecular complexity index is 1060. The van der Waals surface area contributed by atoms with Crippen molar-refractivity contribution in [3.8, 4) is 28.8 Å². The molecule has 0 saturated carbocycles. The number of ether oxygens (including phenoxy) is 2. The van der Waals surface area contributed by atoms with Gasteiger partial charge in [0.15, 0.2) is 17.1 Å². The molecule has 7 nitrogen and oxygen atoms in total. The Morgan fingerprint density at radius 3 is 2.88 bits per heavy atom. The van der Waals surface area contributed by atoms with Crippen molar-refractivity contribution in [1.29, 1.82) is 5.26 Å². The molecule has 4 rings (SSSR count). The molecule has 0 saturated heterocycles. The molecule has 1 aromatic carbocycles. The highest BCUT2D eigenvalue weighted by Crippen LogP contribution is 2.37. The molecule has 0 fully saturated rings. The van der Waals surface area contributed by atoms with Crippen molar-refractivity contribution in [2.75, 3.05) is 6.79 Å². The number of fused-ring (bicyclic) bond motifs is 2. The van der Waals surface area contributed by atoms with Gasteiger partial charge in [0.25, 0.3) is 5.56 Å². The lowest BCUT2D eigenvalue weighted by Gasteiger charge is -2.13. The summed E-state index contributed by atoms with van der Waals surface area (Å²) >= 11 is 0. The van der Waals surface area contributed by atoms with Crippen molar-refractivity contribution >= 4 is 5.65 Å². The van der Waals surface area contributed by atoms with Crippen LogP contribution in [0.5, 0.6) is 11.5 Å². The van der Waals surface area contributed by atoms with Crippen molar-refractivity contribution in [2.24, 2.45) is 0 Å². The topological polar surface area (TPSA) is 92.4 Å². The lowest BCUT2D eigenvalue weighted by Crippen LogP contribution is -2.22. The molecule has 0 spiro atoms. The van der Waals surface area contributed by atoms with Gasteiger partial charge in [-0.25, -0.2) is 0 Å². The van der Waals surface area contributed by atoms with Crippen molar-refractivity contribution in [3.05, 3.63) is 45.9 Å². The molecule has 7 heteroatoms. The molecule has 120 valence electrons. The van der Waals surface area contributed by atoms with E-state index in [0.29, 0.717) is 34.0 Å². The van der Waals surface area contributed by atoms with Gasteiger partial charge in [-0.15, -0.1) is 0 Å². The van der Waals surface area contributed by atoms with Crippen LogP contribution >= 0.6 is 0 Å². The van der Waals surface area contributed by atoms with Crippen molar-refractivity contribution in [3.63, 3.8) is 0 Å². The summed E-state index contributed by atoms with van der Waals surface area (Å²) in [6.45, 7) is 4.08. The molecule has 0 atom stereocenters. The first-order chi connectivity index (χ1) is 11.6. The van der Waals surface area contributed by atoms with E-state index >= 15 is 0 Å². The zero-order valence-electron chi connectivity index (χ0n) is 13.2. The number of aromatic nitrogens is 3. The van der Waals surface area contributed by atoms with E-state index < -0.39 is 0 Å². The number of rotatable bonds is 2. The standard InChI is InChI=1S/C17H14N4O3/c1-9(2)14-15(10-3-4-12-13(5-10)24-8-23-12)20-16-11(6-18)7-19-21(16)17(14)22/h3-5,7,9,20H,8H2,1-2H3. The van der Waals surface area contributed by atoms with Crippen LogP contribution in [0.2, 0.25) is 0 Å². The first-order valence-electron chi connectivity index (χ1n) is 7.54. The van der Waals surface area contributed by atoms with E-state index in [-0.39, 0.29) is 18.3 Å². The molecular weight excluding hydrogens is 308 g/mol. The highest BCUT2D eigenvalue weighted by Gasteiger charge is 2.21. The van der Waals surface area contributed by atoms with E-state index in [1.54, 1.807) is 0 Å². The molecule has 0 aliphatic carbocycles. The number of benzene rings is 1. The van der Waals surface area contributed by atoms with Crippen molar-refractivity contribution in [2.45, 2.75) is 19.8 Å². The molecule has 24 heavy (non-hydrogen) atoms. The first kappa shape index (κ1) is 14.3. The van der Waals surface area contributed by atoms with Crippen LogP contribution in [-0.4, -0.2) is 21.4 Å². The highest BCUT2D eigenvalue weighted by atomic mass is 16.7. The van der Waals surface area contributed by atoms with Crippen LogP contribution in [0.15, 0.2) is 29.2 Å². The molecule has 3 aromatic rings. The third-order valence-corrected chi connectivity index (χ3v) is 4.06. The highest BCUT2D eigenvalue weighted by molar-refractivity contribution is 5.70. The van der Waals surface area contributed by atoms with E-state index in [0.717, 1.165) is 5.56 Å². The molecule has 1 aliphatic heterocycles. The summed E-state index contributed by atoms with van der Waals surface area (Å²) in [7, 11) is 0. The van der Waals surface area contributed by atoms with Crippen LogP contribution in [0.4, 0.5) is 0 Å². The molecule has 0 radical (unpaired) electrons. The van der Waals surface area contributed by atoms with Crippen LogP contribution in [0.1, 0.15) is 30.9 Å². The SMILES string of the molecule is CC(C)c1c(-c2ccc3c(c2)OCO3)[nH]c2c(C#N)cnn2c1=O. The molecule has 0 bridgehead atoms. The summed E-state index contributed by atoms with van der Waals surface area (Å²) in [5.41, 5.74) is 2.55. The quantitative estimate of drug-likeness (QED) is 0.782. The molecule has 0 unspecified atom stereocenters. The number of hydrogen-bond donors (Lipinski definition) is 1. The smallest absolute Gasteiger partial charge is 0.278 e. The van der Waals surface area contributed by atoms with E-state index in [1.165, 1.54) is 10.7 Å². The maximum atomic E-state index is 12.8. The summed E-state index contributed by atoms with van der Waals surface area (Å²) in [5, 5.41) is 13.3. The van der Waals surface area contributed by atoms with Crippen LogP contribution in [-0.2, 0) is 0 Å². The number of H-pyrrole nitrogens is 1. The van der Waals surface area contributed by atoms with Gasteiger partial charge in [0, 0.05) is 11.1 Å². The Balaban J connectivity index is 2.05. The maximum Gasteiger partial charge on any atom is 0.278 e. The fourth-order valence-electron chi connectivity index (χ4n) is 2.93. The van der Waals surface area contributed by atoms with Gasteiger partial charge in [-0.1, -0.05) is 13.8 Å². The van der Waals surface area contributed by atoms with Gasteiger partial charge in [0.05, 0.1) is 11.9 Å². The van der Waals surface area contributed by atoms with Gasteiger partial charge in [0.2, 0.25) is 6.79 Å². The molecule has 3 heterocycles. The normalized spacial score (nSPS) is 12.8. The van der Waals surface area contributed by atoms with Gasteiger partial charge >= 0.3 is 0 Å². The molecule has 2 aromatic heterocycles. The fraction of sp³-hybridized carbons (Fsp3) is 0.235. The second-order valence-corrected chi connectivity index (χ2v) is 5.87. The summed E-state index contributed by atoms with van der Waals surface area (Å²) < 4.78 is 12.0. The summed E-state index contributed by atoms with van der Waals surface area (Å²) in [6, 6.07) is 7.56. The van der Waals surface area contributed by atoms with Crippen molar-refractivity contribution in [1.82, 2.24) is 14.6 Å². The maximum absolute atomic E-state index is 12.8. The first-order valence-corrected chi connectivity index (χ1v) is 7.54. The van der Waals surface area contributed by atoms with Crippen LogP contribution in [0, 0.1) is 11.3 Å². The number of nitriles is 1. The zero-order valence-corrected chi connectivity index (χ0v) is 13.2. The Kier molecular flexibility index (Phi) is 3.06. The van der Waals surface area contributed by atoms with Gasteiger partial charge in [0.1, 0.15) is 11.6 Å². The monoisotopic (exact) mass is 322 g/mol. The number of hydrogen-bond acceptors (Lipinski definition) is 5. The third-order valence-electron chi connectivity index (χ3n) is 4.06. The van der Waals surface area contributed by atoms with Crippen molar-refractivity contribution < 1.29 is 9.47 Å². The number of aromatic amines is 1. The molecular formula is C17H14N4O3. The fourth-order valence-corrected chi connectivity index (χ4v) is 2.93. The van der Waals surface area contributed by atoms with E-state index in [4.69, 9.17) is 9.47 Å². The summed E-state index contributed by atoms with van der Waals surface area (Å²) in [6.07, 6.45) is 1.39. The molecule has 1 N–H and O–H groups in total. The number of nitrogens with one attached hydrogen (secondary N) is 1. The van der Waals surface area contributed by atoms with Gasteiger partial charge in [-0.3, -0.25) is 4.79 Å². The predicted octanol–water partition coefficient (Wildman–Crippen LogP) is 2.41. The minimum Gasteiger partial charge on any atom is -0.454 e. The van der Waals surface area contributed by atoms with Crippen LogP contribution in [0.25, 0.3) is 16.9 Å². The predicted molar refractivity (Wildman–Crippen MR) is 86.2 cm³/mol. The van der Waals surface area contributed by atoms with E-state index in [9.17, 15) is 10.1 Å². The minimum atomic E-state index is -0.229. The number of nitrogens with zero attached hydrogens (tertiary/aromatic N) is 3.